The summed E-state index contributed by atoms with van der Waals surface area (Å²) in [5.74, 6) is -0.171. The molecule has 16 heavy (non-hydrogen) atoms. The molecule has 0 atom stereocenters. The van der Waals surface area contributed by atoms with Gasteiger partial charge < -0.3 is 0 Å². The van der Waals surface area contributed by atoms with Crippen molar-refractivity contribution in [2.45, 2.75) is 32.1 Å². The Morgan fingerprint density at radius 2 is 1.94 bits per heavy atom. The number of hydrogen-bond donors (Lipinski definition) is 0. The molecule has 0 aliphatic heterocycles. The van der Waals surface area contributed by atoms with E-state index in [9.17, 15) is 4.39 Å². The number of halogens is 3. The van der Waals surface area contributed by atoms with Crippen LogP contribution < -0.4 is 0 Å². The minimum atomic E-state index is -0.171. The van der Waals surface area contributed by atoms with Crippen LogP contribution >= 0.6 is 31.9 Å². The van der Waals surface area contributed by atoms with Gasteiger partial charge in [-0.15, -0.1) is 0 Å². The summed E-state index contributed by atoms with van der Waals surface area (Å²) in [6.07, 6.45) is 6.25. The van der Waals surface area contributed by atoms with Crippen LogP contribution in [-0.4, -0.2) is 5.33 Å². The van der Waals surface area contributed by atoms with Crippen LogP contribution in [-0.2, 0) is 6.42 Å². The third kappa shape index (κ3) is 2.67. The molecule has 0 heterocycles. The Balaban J connectivity index is 2.19. The minimum Gasteiger partial charge on any atom is -0.207 e. The molecule has 1 fully saturated rings. The highest BCUT2D eigenvalue weighted by atomic mass is 79.9. The van der Waals surface area contributed by atoms with Crippen LogP contribution in [0.1, 0.15) is 31.2 Å². The fourth-order valence-electron chi connectivity index (χ4n) is 2.55. The molecule has 1 aliphatic rings. The third-order valence-electron chi connectivity index (χ3n) is 3.53. The van der Waals surface area contributed by atoms with Gasteiger partial charge in [0.05, 0.1) is 0 Å². The van der Waals surface area contributed by atoms with E-state index in [1.54, 1.807) is 12.1 Å². The Labute approximate surface area is 113 Å². The first-order chi connectivity index (χ1) is 7.65. The van der Waals surface area contributed by atoms with Gasteiger partial charge in [-0.05, 0) is 42.4 Å². The first-order valence-electron chi connectivity index (χ1n) is 5.65. The molecule has 0 bridgehead atoms. The van der Waals surface area contributed by atoms with Crippen LogP contribution in [0.2, 0.25) is 0 Å². The quantitative estimate of drug-likeness (QED) is 0.667. The van der Waals surface area contributed by atoms with Crippen molar-refractivity contribution in [3.05, 3.63) is 34.1 Å². The summed E-state index contributed by atoms with van der Waals surface area (Å²) in [4.78, 5) is 0. The van der Waals surface area contributed by atoms with Gasteiger partial charge in [0.2, 0.25) is 0 Å². The van der Waals surface area contributed by atoms with Crippen molar-refractivity contribution in [1.29, 1.82) is 0 Å². The van der Waals surface area contributed by atoms with Gasteiger partial charge in [0.1, 0.15) is 5.82 Å². The van der Waals surface area contributed by atoms with Crippen LogP contribution in [0.25, 0.3) is 0 Å². The first kappa shape index (κ1) is 12.6. The fraction of sp³-hybridized carbons (Fsp3) is 0.538. The van der Waals surface area contributed by atoms with Crippen LogP contribution in [0.5, 0.6) is 0 Å². The summed E-state index contributed by atoms with van der Waals surface area (Å²) >= 11 is 7.09. The molecule has 0 saturated heterocycles. The van der Waals surface area contributed by atoms with Crippen molar-refractivity contribution < 1.29 is 4.39 Å². The van der Waals surface area contributed by atoms with E-state index in [0.29, 0.717) is 5.41 Å². The summed E-state index contributed by atoms with van der Waals surface area (Å²) in [7, 11) is 0. The highest BCUT2D eigenvalue weighted by molar-refractivity contribution is 9.10. The van der Waals surface area contributed by atoms with E-state index in [-0.39, 0.29) is 5.82 Å². The van der Waals surface area contributed by atoms with Gasteiger partial charge in [-0.3, -0.25) is 0 Å². The molecule has 0 aromatic heterocycles. The van der Waals surface area contributed by atoms with E-state index in [4.69, 9.17) is 0 Å². The zero-order valence-corrected chi connectivity index (χ0v) is 12.3. The SMILES string of the molecule is Fc1ccc(CC2(CBr)CCCC2)c(Br)c1. The van der Waals surface area contributed by atoms with Crippen LogP contribution in [0, 0.1) is 11.2 Å². The molecule has 2 rings (SSSR count). The largest absolute Gasteiger partial charge is 0.207 e. The van der Waals surface area contributed by atoms with Crippen LogP contribution in [0.15, 0.2) is 22.7 Å². The molecule has 0 nitrogen and oxygen atoms in total. The average Bonchev–Trinajstić information content (AvgIpc) is 2.72. The molecule has 0 amide bonds. The Morgan fingerprint density at radius 3 is 2.50 bits per heavy atom. The number of hydrogen-bond acceptors (Lipinski definition) is 0. The molecular weight excluding hydrogens is 335 g/mol. The van der Waals surface area contributed by atoms with Crippen LogP contribution in [0.4, 0.5) is 4.39 Å². The second-order valence-electron chi connectivity index (χ2n) is 4.75. The van der Waals surface area contributed by atoms with Gasteiger partial charge in [0.25, 0.3) is 0 Å². The summed E-state index contributed by atoms with van der Waals surface area (Å²) < 4.78 is 13.9. The van der Waals surface area contributed by atoms with E-state index in [1.807, 2.05) is 6.07 Å². The number of alkyl halides is 1. The van der Waals surface area contributed by atoms with Gasteiger partial charge in [-0.1, -0.05) is 50.8 Å². The Bertz CT molecular complexity index is 370. The van der Waals surface area contributed by atoms with E-state index in [0.717, 1.165) is 16.2 Å². The van der Waals surface area contributed by atoms with Crippen molar-refractivity contribution in [2.24, 2.45) is 5.41 Å². The molecule has 1 saturated carbocycles. The van der Waals surface area contributed by atoms with Gasteiger partial charge in [0, 0.05) is 9.80 Å². The molecule has 0 spiro atoms. The molecule has 0 N–H and O–H groups in total. The van der Waals surface area contributed by atoms with Crippen LogP contribution in [0.3, 0.4) is 0 Å². The molecule has 3 heteroatoms. The number of rotatable bonds is 3. The predicted octanol–water partition coefficient (Wildman–Crippen LogP) is 5.09. The third-order valence-corrected chi connectivity index (χ3v) is 5.46. The first-order valence-corrected chi connectivity index (χ1v) is 7.57. The van der Waals surface area contributed by atoms with E-state index < -0.39 is 0 Å². The lowest BCUT2D eigenvalue weighted by molar-refractivity contribution is 0.346. The Morgan fingerprint density at radius 1 is 1.25 bits per heavy atom. The average molecular weight is 350 g/mol. The predicted molar refractivity (Wildman–Crippen MR) is 72.5 cm³/mol. The van der Waals surface area contributed by atoms with Gasteiger partial charge in [0.15, 0.2) is 0 Å². The van der Waals surface area contributed by atoms with Crippen molar-refractivity contribution in [1.82, 2.24) is 0 Å². The molecule has 1 aromatic carbocycles. The molecular formula is C13H15Br2F. The Hall–Kier alpha value is 0.110. The van der Waals surface area contributed by atoms with Crippen molar-refractivity contribution >= 4 is 31.9 Å². The molecule has 1 aliphatic carbocycles. The minimum absolute atomic E-state index is 0.171. The molecule has 0 radical (unpaired) electrons. The van der Waals surface area contributed by atoms with E-state index >= 15 is 0 Å². The highest BCUT2D eigenvalue weighted by Crippen LogP contribution is 2.43. The summed E-state index contributed by atoms with van der Waals surface area (Å²) in [6, 6.07) is 5.02. The molecule has 88 valence electrons. The maximum atomic E-state index is 13.0. The number of benzene rings is 1. The smallest absolute Gasteiger partial charge is 0.124 e. The monoisotopic (exact) mass is 348 g/mol. The van der Waals surface area contributed by atoms with E-state index in [2.05, 4.69) is 31.9 Å². The fourth-order valence-corrected chi connectivity index (χ4v) is 3.80. The summed E-state index contributed by atoms with van der Waals surface area (Å²) in [6.45, 7) is 0. The summed E-state index contributed by atoms with van der Waals surface area (Å²) in [5, 5.41) is 1.05. The molecule has 1 aromatic rings. The standard InChI is InChI=1S/C13H15Br2F/c14-9-13(5-1-2-6-13)8-10-3-4-11(16)7-12(10)15/h3-4,7H,1-2,5-6,8-9H2. The van der Waals surface area contributed by atoms with Crippen molar-refractivity contribution in [2.75, 3.05) is 5.33 Å². The Kier molecular flexibility index (Phi) is 4.06. The maximum absolute atomic E-state index is 13.0. The summed E-state index contributed by atoms with van der Waals surface area (Å²) in [5.41, 5.74) is 1.61. The zero-order chi connectivity index (χ0) is 11.6. The van der Waals surface area contributed by atoms with Crippen molar-refractivity contribution in [3.63, 3.8) is 0 Å². The normalized spacial score (nSPS) is 18.9. The zero-order valence-electron chi connectivity index (χ0n) is 9.11. The van der Waals surface area contributed by atoms with E-state index in [1.165, 1.54) is 31.2 Å². The lowest BCUT2D eigenvalue weighted by atomic mass is 9.82. The second-order valence-corrected chi connectivity index (χ2v) is 6.17. The highest BCUT2D eigenvalue weighted by Gasteiger charge is 2.33. The second kappa shape index (κ2) is 5.18. The lowest BCUT2D eigenvalue weighted by Crippen LogP contribution is -2.21. The maximum Gasteiger partial charge on any atom is 0.124 e. The topological polar surface area (TPSA) is 0 Å². The van der Waals surface area contributed by atoms with Gasteiger partial charge in [-0.25, -0.2) is 4.39 Å². The lowest BCUT2D eigenvalue weighted by Gasteiger charge is -2.27. The van der Waals surface area contributed by atoms with Crippen molar-refractivity contribution in [3.8, 4) is 0 Å². The van der Waals surface area contributed by atoms with Gasteiger partial charge in [-0.2, -0.15) is 0 Å². The molecule has 0 unspecified atom stereocenters. The van der Waals surface area contributed by atoms with Gasteiger partial charge >= 0.3 is 0 Å².